The third kappa shape index (κ3) is 8.54. The fraction of sp³-hybridized carbons (Fsp3) is 0.980. The maximum absolute atomic E-state index is 11.7. The van der Waals surface area contributed by atoms with Gasteiger partial charge in [0.2, 0.25) is 0 Å². The molecule has 6 N–H and O–H groups in total. The molecule has 0 bridgehead atoms. The molecule has 0 aromatic carbocycles. The van der Waals surface area contributed by atoms with Gasteiger partial charge >= 0.3 is 16.4 Å². The van der Waals surface area contributed by atoms with Crippen LogP contribution >= 0.6 is 0 Å². The molecular formula is C51H88O10S. The molecule has 6 unspecified atom stereocenters. The van der Waals surface area contributed by atoms with E-state index in [-0.39, 0.29) is 65.0 Å². The van der Waals surface area contributed by atoms with Crippen molar-refractivity contribution in [3.05, 3.63) is 0 Å². The summed E-state index contributed by atoms with van der Waals surface area (Å²) in [5, 5.41) is 53.4. The lowest BCUT2D eigenvalue weighted by Gasteiger charge is -2.64. The molecule has 8 aliphatic carbocycles. The maximum Gasteiger partial charge on any atom is 0.397 e. The van der Waals surface area contributed by atoms with E-state index in [1.54, 1.807) is 0 Å². The number of carboxylic acid groups (broad SMARTS) is 1. The number of fused-ring (bicyclic) bond motifs is 10. The van der Waals surface area contributed by atoms with Crippen molar-refractivity contribution >= 4 is 16.4 Å². The zero-order valence-electron chi connectivity index (χ0n) is 39.8. The highest BCUT2D eigenvalue weighted by atomic mass is 32.3. The summed E-state index contributed by atoms with van der Waals surface area (Å²) in [6.07, 6.45) is 17.7. The molecule has 10 nitrogen and oxygen atoms in total. The molecule has 0 aromatic rings. The minimum absolute atomic E-state index is 0.0198. The van der Waals surface area contributed by atoms with Crippen molar-refractivity contribution in [2.75, 3.05) is 6.61 Å². The lowest BCUT2D eigenvalue weighted by Crippen LogP contribution is -2.62. The Labute approximate surface area is 375 Å². The normalized spacial score (nSPS) is 50.6. The molecule has 0 spiro atoms. The van der Waals surface area contributed by atoms with Crippen LogP contribution in [0.1, 0.15) is 177 Å². The van der Waals surface area contributed by atoms with Crippen molar-refractivity contribution in [1.29, 1.82) is 0 Å². The number of rotatable bonds is 11. The van der Waals surface area contributed by atoms with Crippen LogP contribution in [0.15, 0.2) is 0 Å². The molecule has 8 rings (SSSR count). The first-order valence-electron chi connectivity index (χ1n) is 25.6. The van der Waals surface area contributed by atoms with Crippen LogP contribution in [0, 0.1) is 105 Å². The molecule has 8 aliphatic rings. The molecular weight excluding hydrogens is 805 g/mol. The molecule has 0 amide bonds. The van der Waals surface area contributed by atoms with Crippen LogP contribution in [0.25, 0.3) is 0 Å². The Kier molecular flexibility index (Phi) is 14.5. The minimum Gasteiger partial charge on any atom is -0.481 e. The van der Waals surface area contributed by atoms with Gasteiger partial charge in [0.1, 0.15) is 0 Å². The van der Waals surface area contributed by atoms with Gasteiger partial charge in [-0.15, -0.1) is 0 Å². The fourth-order valence-electron chi connectivity index (χ4n) is 19.0. The van der Waals surface area contributed by atoms with Gasteiger partial charge in [0.15, 0.2) is 0 Å². The van der Waals surface area contributed by atoms with E-state index in [0.717, 1.165) is 83.5 Å². The summed E-state index contributed by atoms with van der Waals surface area (Å²) >= 11 is 0. The first kappa shape index (κ1) is 49.1. The van der Waals surface area contributed by atoms with Gasteiger partial charge in [0.05, 0.1) is 31.0 Å². The summed E-state index contributed by atoms with van der Waals surface area (Å²) in [6.45, 7) is 18.7. The summed E-state index contributed by atoms with van der Waals surface area (Å²) in [7, 11) is -4.39. The number of aliphatic hydroxyl groups excluding tert-OH is 4. The first-order chi connectivity index (χ1) is 29.1. The van der Waals surface area contributed by atoms with Crippen LogP contribution < -0.4 is 0 Å². The monoisotopic (exact) mass is 893 g/mol. The van der Waals surface area contributed by atoms with Crippen molar-refractivity contribution in [2.24, 2.45) is 105 Å². The summed E-state index contributed by atoms with van der Waals surface area (Å²) in [6, 6.07) is 0. The van der Waals surface area contributed by atoms with E-state index in [2.05, 4.69) is 59.6 Å². The van der Waals surface area contributed by atoms with E-state index in [1.807, 2.05) is 0 Å². The highest BCUT2D eigenvalue weighted by Crippen LogP contribution is 2.71. The van der Waals surface area contributed by atoms with Gasteiger partial charge in [-0.1, -0.05) is 68.2 Å². The van der Waals surface area contributed by atoms with E-state index in [9.17, 15) is 33.6 Å². The Hall–Kier alpha value is -0.820. The molecule has 0 radical (unpaired) electrons. The molecule has 358 valence electrons. The standard InChI is InChI=1S/C26H44O4.C25H44O6S/c1-5-17-21-14-16(27)10-12-26(21,4)20-11-13-25(3)18(15(2)6-9-22(28)29)7-8-19(25)23(20)24(17)30;1-5-17-21-14-16(26)8-11-25(21,4)20-9-12-24(3)18(6-7-19(24)22(20)23(17)27)15(2)10-13-31-32(28,29)30/h15-21,23-24,27,30H,5-14H2,1-4H3,(H,28,29);15-23,26-27H,5-14H2,1-4H3,(H,28,29,30)/t15-,16-,17-,18-,19?,20?,21+,23?,24-,25-,26-;15-,16-,17-,18-,19?,20?,21+,22?,23-,24-,25-/m11/s1. The SMILES string of the molecule is CC[C@H]1[C@@H](O)C2C3CC[C@H]([C@H](C)CCC(=O)O)[C@@]3(C)CCC2[C@@]2(C)CC[C@@H](O)C[C@@H]12.CC[C@H]1[C@@H](O)C2C3CC[C@H]([C@H](C)CCOS(=O)(=O)O)[C@@]3(C)CCC2[C@@]2(C)CC[C@@H](O)C[C@@H]12. The Balaban J connectivity index is 0.000000187. The van der Waals surface area contributed by atoms with Gasteiger partial charge in [0.25, 0.3) is 0 Å². The molecule has 0 saturated heterocycles. The molecule has 11 heteroatoms. The van der Waals surface area contributed by atoms with Crippen LogP contribution in [0.5, 0.6) is 0 Å². The van der Waals surface area contributed by atoms with Gasteiger partial charge in [-0.05, 0) is 207 Å². The van der Waals surface area contributed by atoms with Crippen molar-refractivity contribution in [2.45, 2.75) is 202 Å². The Morgan fingerprint density at radius 1 is 0.597 bits per heavy atom. The summed E-state index contributed by atoms with van der Waals surface area (Å²) in [4.78, 5) is 11.1. The van der Waals surface area contributed by atoms with Gasteiger partial charge in [-0.3, -0.25) is 9.35 Å². The first-order valence-corrected chi connectivity index (χ1v) is 27.0. The van der Waals surface area contributed by atoms with Crippen LogP contribution in [0.3, 0.4) is 0 Å². The fourth-order valence-corrected chi connectivity index (χ4v) is 19.3. The van der Waals surface area contributed by atoms with Gasteiger partial charge < -0.3 is 25.5 Å². The quantitative estimate of drug-likeness (QED) is 0.109. The zero-order chi connectivity index (χ0) is 45.3. The van der Waals surface area contributed by atoms with Crippen molar-refractivity contribution in [1.82, 2.24) is 0 Å². The van der Waals surface area contributed by atoms with Gasteiger partial charge in [-0.25, -0.2) is 4.18 Å². The number of carboxylic acids is 1. The zero-order valence-corrected chi connectivity index (χ0v) is 40.6. The van der Waals surface area contributed by atoms with Crippen LogP contribution in [-0.2, 0) is 19.4 Å². The number of aliphatic hydroxyl groups is 4. The van der Waals surface area contributed by atoms with E-state index in [4.69, 9.17) is 9.66 Å². The van der Waals surface area contributed by atoms with E-state index in [0.29, 0.717) is 83.4 Å². The Bertz CT molecular complexity index is 1670. The molecule has 0 heterocycles. The van der Waals surface area contributed by atoms with Crippen molar-refractivity contribution in [3.8, 4) is 0 Å². The summed E-state index contributed by atoms with van der Waals surface area (Å²) in [5.74, 6) is 5.36. The van der Waals surface area contributed by atoms with Crippen LogP contribution in [-0.4, -0.2) is 75.5 Å². The second kappa shape index (κ2) is 18.3. The number of hydrogen-bond acceptors (Lipinski definition) is 8. The smallest absolute Gasteiger partial charge is 0.397 e. The highest BCUT2D eigenvalue weighted by Gasteiger charge is 2.66. The summed E-state index contributed by atoms with van der Waals surface area (Å²) < 4.78 is 35.4. The average Bonchev–Trinajstić information content (AvgIpc) is 3.75. The molecule has 22 atom stereocenters. The minimum atomic E-state index is -4.39. The third-order valence-electron chi connectivity index (χ3n) is 21.9. The highest BCUT2D eigenvalue weighted by molar-refractivity contribution is 7.80. The molecule has 62 heavy (non-hydrogen) atoms. The number of hydrogen-bond donors (Lipinski definition) is 6. The number of aliphatic carboxylic acids is 1. The topological polar surface area (TPSA) is 182 Å². The predicted molar refractivity (Wildman–Crippen MR) is 241 cm³/mol. The second-order valence-corrected chi connectivity index (χ2v) is 25.3. The van der Waals surface area contributed by atoms with E-state index >= 15 is 0 Å². The molecule has 0 aliphatic heterocycles. The number of carbonyl (C=O) groups is 1. The lowest BCUT2D eigenvalue weighted by atomic mass is 9.41. The van der Waals surface area contributed by atoms with Gasteiger partial charge in [-0.2, -0.15) is 8.42 Å². The van der Waals surface area contributed by atoms with E-state index in [1.165, 1.54) is 25.7 Å². The van der Waals surface area contributed by atoms with Crippen LogP contribution in [0.4, 0.5) is 0 Å². The average molecular weight is 893 g/mol. The van der Waals surface area contributed by atoms with Crippen molar-refractivity contribution < 1.29 is 47.5 Å². The van der Waals surface area contributed by atoms with Crippen LogP contribution in [0.2, 0.25) is 0 Å². The molecule has 0 aromatic heterocycles. The van der Waals surface area contributed by atoms with Gasteiger partial charge in [0, 0.05) is 6.42 Å². The Morgan fingerprint density at radius 3 is 1.37 bits per heavy atom. The second-order valence-electron chi connectivity index (χ2n) is 24.2. The van der Waals surface area contributed by atoms with Crippen molar-refractivity contribution in [3.63, 3.8) is 0 Å². The lowest BCUT2D eigenvalue weighted by molar-refractivity contribution is -0.203. The molecule has 8 fully saturated rings. The van der Waals surface area contributed by atoms with E-state index < -0.39 is 16.4 Å². The largest absolute Gasteiger partial charge is 0.481 e. The third-order valence-corrected chi connectivity index (χ3v) is 22.4. The predicted octanol–water partition coefficient (Wildman–Crippen LogP) is 9.57. The summed E-state index contributed by atoms with van der Waals surface area (Å²) in [5.41, 5.74) is 0.835. The molecule has 8 saturated carbocycles. The Morgan fingerprint density at radius 2 is 0.984 bits per heavy atom. The maximum atomic E-state index is 11.7.